The van der Waals surface area contributed by atoms with Crippen molar-refractivity contribution in [3.8, 4) is 0 Å². The van der Waals surface area contributed by atoms with Crippen molar-refractivity contribution in [2.45, 2.75) is 148 Å². The first kappa shape index (κ1) is 28.8. The van der Waals surface area contributed by atoms with E-state index in [2.05, 4.69) is 13.8 Å². The molecule has 4 unspecified atom stereocenters. The van der Waals surface area contributed by atoms with Crippen molar-refractivity contribution in [1.82, 2.24) is 0 Å². The van der Waals surface area contributed by atoms with Crippen molar-refractivity contribution in [2.24, 2.45) is 5.73 Å². The molecule has 0 aromatic carbocycles. The van der Waals surface area contributed by atoms with Crippen LogP contribution in [0.1, 0.15) is 118 Å². The van der Waals surface area contributed by atoms with Crippen LogP contribution in [0.25, 0.3) is 0 Å². The summed E-state index contributed by atoms with van der Waals surface area (Å²) in [5, 5.41) is 19.4. The molecule has 0 heterocycles. The minimum absolute atomic E-state index is 0.0116. The fourth-order valence-corrected chi connectivity index (χ4v) is 3.69. The van der Waals surface area contributed by atoms with Crippen molar-refractivity contribution >= 4 is 0 Å². The maximum absolute atomic E-state index is 9.72. The van der Waals surface area contributed by atoms with Gasteiger partial charge in [0, 0.05) is 0 Å². The van der Waals surface area contributed by atoms with Crippen molar-refractivity contribution < 1.29 is 19.7 Å². The highest BCUT2D eigenvalue weighted by atomic mass is 16.7. The number of unbranched alkanes of at least 4 members (excludes halogenated alkanes) is 8. The lowest BCUT2D eigenvalue weighted by atomic mass is 10.1. The molecule has 5 heteroatoms. The minimum Gasteiger partial charge on any atom is -0.393 e. The van der Waals surface area contributed by atoms with E-state index in [1.54, 1.807) is 13.8 Å². The van der Waals surface area contributed by atoms with Crippen LogP contribution < -0.4 is 5.73 Å². The van der Waals surface area contributed by atoms with Crippen molar-refractivity contribution in [3.05, 3.63) is 0 Å². The molecular weight excluding hydrogens is 366 g/mol. The summed E-state index contributed by atoms with van der Waals surface area (Å²) in [7, 11) is 0. The Kier molecular flexibility index (Phi) is 19.6. The molecule has 29 heavy (non-hydrogen) atoms. The Morgan fingerprint density at radius 3 is 1.38 bits per heavy atom. The Morgan fingerprint density at radius 1 is 0.655 bits per heavy atom. The summed E-state index contributed by atoms with van der Waals surface area (Å²) in [6.07, 6.45) is 14.1. The third-order valence-corrected chi connectivity index (χ3v) is 5.45. The van der Waals surface area contributed by atoms with Crippen LogP contribution in [-0.2, 0) is 9.47 Å². The molecule has 5 nitrogen and oxygen atoms in total. The van der Waals surface area contributed by atoms with Gasteiger partial charge in [-0.25, -0.2) is 0 Å². The molecule has 0 saturated heterocycles. The van der Waals surface area contributed by atoms with E-state index in [1.165, 1.54) is 44.9 Å². The van der Waals surface area contributed by atoms with Gasteiger partial charge < -0.3 is 25.4 Å². The van der Waals surface area contributed by atoms with E-state index < -0.39 is 0 Å². The fourth-order valence-electron chi connectivity index (χ4n) is 3.69. The Bertz CT molecular complexity index is 319. The zero-order chi connectivity index (χ0) is 21.9. The summed E-state index contributed by atoms with van der Waals surface area (Å²) < 4.78 is 12.5. The van der Waals surface area contributed by atoms with Gasteiger partial charge in [0.1, 0.15) is 0 Å². The summed E-state index contributed by atoms with van der Waals surface area (Å²) in [6.45, 7) is 8.60. The van der Waals surface area contributed by atoms with Gasteiger partial charge in [-0.15, -0.1) is 0 Å². The van der Waals surface area contributed by atoms with Crippen molar-refractivity contribution in [3.63, 3.8) is 0 Å². The number of hydrogen-bond donors (Lipinski definition) is 3. The van der Waals surface area contributed by atoms with Gasteiger partial charge in [0.2, 0.25) is 0 Å². The van der Waals surface area contributed by atoms with Crippen LogP contribution in [0.3, 0.4) is 0 Å². The molecule has 0 spiro atoms. The highest BCUT2D eigenvalue weighted by molar-refractivity contribution is 4.65. The molecule has 0 fully saturated rings. The van der Waals surface area contributed by atoms with Gasteiger partial charge in [-0.2, -0.15) is 0 Å². The third-order valence-electron chi connectivity index (χ3n) is 5.45. The van der Waals surface area contributed by atoms with E-state index in [0.29, 0.717) is 12.8 Å². The van der Waals surface area contributed by atoms with Crippen molar-refractivity contribution in [1.29, 1.82) is 0 Å². The van der Waals surface area contributed by atoms with Crippen LogP contribution >= 0.6 is 0 Å². The molecule has 4 N–H and O–H groups in total. The van der Waals surface area contributed by atoms with Crippen LogP contribution in [0, 0.1) is 0 Å². The zero-order valence-electron chi connectivity index (χ0n) is 19.8. The molecule has 0 aromatic rings. The summed E-state index contributed by atoms with van der Waals surface area (Å²) >= 11 is 0. The third kappa shape index (κ3) is 18.3. The average Bonchev–Trinajstić information content (AvgIpc) is 2.67. The number of ether oxygens (including phenoxy) is 2. The summed E-state index contributed by atoms with van der Waals surface area (Å²) in [5.74, 6) is 0. The molecular formula is C24H51NO4. The Hall–Kier alpha value is -0.200. The Morgan fingerprint density at radius 2 is 1.03 bits per heavy atom. The lowest BCUT2D eigenvalue weighted by Crippen LogP contribution is -2.31. The predicted molar refractivity (Wildman–Crippen MR) is 122 cm³/mol. The first-order valence-corrected chi connectivity index (χ1v) is 12.3. The highest BCUT2D eigenvalue weighted by Crippen LogP contribution is 2.20. The summed E-state index contributed by atoms with van der Waals surface area (Å²) in [6, 6.07) is 0. The molecule has 4 atom stereocenters. The summed E-state index contributed by atoms with van der Waals surface area (Å²) in [4.78, 5) is 0. The van der Waals surface area contributed by atoms with Gasteiger partial charge in [0.15, 0.2) is 6.29 Å². The lowest BCUT2D eigenvalue weighted by molar-refractivity contribution is -0.206. The first-order valence-electron chi connectivity index (χ1n) is 12.3. The lowest BCUT2D eigenvalue weighted by Gasteiger charge is -2.29. The largest absolute Gasteiger partial charge is 0.393 e. The van der Waals surface area contributed by atoms with Gasteiger partial charge in [-0.1, -0.05) is 58.8 Å². The second-order valence-corrected chi connectivity index (χ2v) is 8.69. The molecule has 0 aliphatic rings. The van der Waals surface area contributed by atoms with E-state index in [9.17, 15) is 10.2 Å². The molecule has 0 saturated carbocycles. The second kappa shape index (κ2) is 19.7. The monoisotopic (exact) mass is 417 g/mol. The van der Waals surface area contributed by atoms with Crippen molar-refractivity contribution in [2.75, 3.05) is 6.54 Å². The molecule has 0 amide bonds. The van der Waals surface area contributed by atoms with E-state index >= 15 is 0 Å². The smallest absolute Gasteiger partial charge is 0.158 e. The van der Waals surface area contributed by atoms with Crippen LogP contribution in [0.2, 0.25) is 0 Å². The van der Waals surface area contributed by atoms with Gasteiger partial charge in [-0.3, -0.25) is 0 Å². The zero-order valence-corrected chi connectivity index (χ0v) is 19.8. The number of aliphatic hydroxyl groups excluding tert-OH is 2. The highest BCUT2D eigenvalue weighted by Gasteiger charge is 2.21. The second-order valence-electron chi connectivity index (χ2n) is 8.69. The number of nitrogens with two attached hydrogens (primary N) is 1. The molecule has 0 aliphatic carbocycles. The fraction of sp³-hybridized carbons (Fsp3) is 1.00. The Labute approximate surface area is 180 Å². The maximum Gasteiger partial charge on any atom is 0.158 e. The Balaban J connectivity index is 4.29. The maximum atomic E-state index is 9.72. The quantitative estimate of drug-likeness (QED) is 0.174. The first-order chi connectivity index (χ1) is 13.9. The molecule has 0 radical (unpaired) electrons. The van der Waals surface area contributed by atoms with E-state index in [4.69, 9.17) is 15.2 Å². The molecule has 0 rings (SSSR count). The minimum atomic E-state index is -0.370. The van der Waals surface area contributed by atoms with Crippen LogP contribution in [-0.4, -0.2) is 47.5 Å². The van der Waals surface area contributed by atoms with Gasteiger partial charge >= 0.3 is 0 Å². The van der Waals surface area contributed by atoms with Gasteiger partial charge in [0.25, 0.3) is 0 Å². The standard InChI is InChI=1S/C24H51NO4/c1-5-22(18-20(3)26)28-24(29-23(6-2)19-21(4)27)16-14-12-10-8-7-9-11-13-15-17-25/h20-24,26-27H,5-19,25H2,1-4H3. The number of aliphatic hydroxyl groups is 2. The van der Waals surface area contributed by atoms with Crippen LogP contribution in [0.4, 0.5) is 0 Å². The van der Waals surface area contributed by atoms with Crippen LogP contribution in [0.15, 0.2) is 0 Å². The predicted octanol–water partition coefficient (Wildman–Crippen LogP) is 5.30. The summed E-state index contributed by atoms with van der Waals surface area (Å²) in [5.41, 5.74) is 5.53. The molecule has 0 bridgehead atoms. The molecule has 0 aliphatic heterocycles. The van der Waals surface area contributed by atoms with Gasteiger partial charge in [-0.05, 0) is 65.3 Å². The van der Waals surface area contributed by atoms with Crippen LogP contribution in [0.5, 0.6) is 0 Å². The normalized spacial score (nSPS) is 17.1. The SMILES string of the molecule is CCC(CC(C)O)OC(CCCCCCCCCCCN)OC(CC)CC(C)O. The van der Waals surface area contributed by atoms with E-state index in [1.807, 2.05) is 0 Å². The van der Waals surface area contributed by atoms with E-state index in [0.717, 1.165) is 38.6 Å². The molecule has 176 valence electrons. The average molecular weight is 418 g/mol. The number of rotatable bonds is 21. The molecule has 0 aromatic heterocycles. The topological polar surface area (TPSA) is 84.9 Å². The van der Waals surface area contributed by atoms with E-state index in [-0.39, 0.29) is 30.7 Å². The number of hydrogen-bond acceptors (Lipinski definition) is 5. The van der Waals surface area contributed by atoms with Gasteiger partial charge in [0.05, 0.1) is 24.4 Å².